The fourth-order valence-corrected chi connectivity index (χ4v) is 3.12. The number of halogens is 2. The molecule has 0 unspecified atom stereocenters. The molecule has 8 heteroatoms. The fourth-order valence-electron chi connectivity index (χ4n) is 1.98. The maximum atomic E-state index is 13.6. The highest BCUT2D eigenvalue weighted by molar-refractivity contribution is 7.89. The Labute approximate surface area is 132 Å². The zero-order valence-corrected chi connectivity index (χ0v) is 13.3. The summed E-state index contributed by atoms with van der Waals surface area (Å²) in [5.74, 6) is -1.38. The molecule has 1 N–H and O–H groups in total. The third-order valence-corrected chi connectivity index (χ3v) is 4.59. The lowest BCUT2D eigenvalue weighted by atomic mass is 10.2. The highest BCUT2D eigenvalue weighted by atomic mass is 32.2. The van der Waals surface area contributed by atoms with Crippen LogP contribution in [0.25, 0.3) is 0 Å². The Balaban J connectivity index is 2.26. The van der Waals surface area contributed by atoms with Gasteiger partial charge in [-0.05, 0) is 18.2 Å². The van der Waals surface area contributed by atoms with Gasteiger partial charge in [-0.3, -0.25) is 0 Å². The van der Waals surface area contributed by atoms with Crippen molar-refractivity contribution in [2.24, 2.45) is 0 Å². The summed E-state index contributed by atoms with van der Waals surface area (Å²) >= 11 is 0. The molecule has 0 heterocycles. The van der Waals surface area contributed by atoms with Gasteiger partial charge >= 0.3 is 0 Å². The smallest absolute Gasteiger partial charge is 0.246 e. The molecule has 0 fully saturated rings. The van der Waals surface area contributed by atoms with Crippen LogP contribution in [0.15, 0.2) is 41.3 Å². The molecule has 124 valence electrons. The molecule has 5 nitrogen and oxygen atoms in total. The Morgan fingerprint density at radius 3 is 2.26 bits per heavy atom. The first-order chi connectivity index (χ1) is 10.9. The second-order valence-corrected chi connectivity index (χ2v) is 6.26. The molecule has 0 aliphatic heterocycles. The second kappa shape index (κ2) is 6.93. The summed E-state index contributed by atoms with van der Waals surface area (Å²) in [6.07, 6.45) is 0. The lowest BCUT2D eigenvalue weighted by Gasteiger charge is -2.12. The molecule has 0 bridgehead atoms. The molecule has 2 aromatic rings. The van der Waals surface area contributed by atoms with Gasteiger partial charge in [-0.25, -0.2) is 21.9 Å². The summed E-state index contributed by atoms with van der Waals surface area (Å²) in [5, 5.41) is 0. The molecule has 0 aromatic heterocycles. The summed E-state index contributed by atoms with van der Waals surface area (Å²) in [5.41, 5.74) is 0.494. The van der Waals surface area contributed by atoms with Gasteiger partial charge in [-0.1, -0.05) is 12.1 Å². The summed E-state index contributed by atoms with van der Waals surface area (Å²) in [4.78, 5) is -1.01. The standard InChI is InChI=1S/C15H15F2NO4S/c1-21-11-7-6-10(14(8-11)22-2)9-18-23(19,20)15-12(16)4-3-5-13(15)17/h3-8,18H,9H2,1-2H3. The maximum absolute atomic E-state index is 13.6. The van der Waals surface area contributed by atoms with Crippen molar-refractivity contribution in [3.63, 3.8) is 0 Å². The van der Waals surface area contributed by atoms with E-state index in [4.69, 9.17) is 9.47 Å². The minimum absolute atomic E-state index is 0.191. The number of hydrogen-bond acceptors (Lipinski definition) is 4. The first-order valence-corrected chi connectivity index (χ1v) is 8.02. The van der Waals surface area contributed by atoms with Crippen LogP contribution in [-0.2, 0) is 16.6 Å². The number of benzene rings is 2. The highest BCUT2D eigenvalue weighted by Crippen LogP contribution is 2.25. The Kier molecular flexibility index (Phi) is 5.17. The number of ether oxygens (including phenoxy) is 2. The number of rotatable bonds is 6. The summed E-state index contributed by atoms with van der Waals surface area (Å²) in [6.45, 7) is -0.191. The van der Waals surface area contributed by atoms with Crippen LogP contribution in [0, 0.1) is 11.6 Å². The zero-order valence-electron chi connectivity index (χ0n) is 12.5. The van der Waals surface area contributed by atoms with Gasteiger partial charge in [0.15, 0.2) is 4.90 Å². The van der Waals surface area contributed by atoms with E-state index in [9.17, 15) is 17.2 Å². The highest BCUT2D eigenvalue weighted by Gasteiger charge is 2.23. The molecule has 2 rings (SSSR count). The third-order valence-electron chi connectivity index (χ3n) is 3.13. The first kappa shape index (κ1) is 17.2. The predicted octanol–water partition coefficient (Wildman–Crippen LogP) is 2.46. The van der Waals surface area contributed by atoms with Crippen molar-refractivity contribution in [3.8, 4) is 11.5 Å². The van der Waals surface area contributed by atoms with Crippen LogP contribution in [0.5, 0.6) is 11.5 Å². The van der Waals surface area contributed by atoms with Gasteiger partial charge < -0.3 is 9.47 Å². The van der Waals surface area contributed by atoms with E-state index in [0.717, 1.165) is 18.2 Å². The summed E-state index contributed by atoms with van der Waals surface area (Å²) < 4.78 is 63.8. The Morgan fingerprint density at radius 1 is 1.04 bits per heavy atom. The molecular formula is C15H15F2NO4S. The average molecular weight is 343 g/mol. The van der Waals surface area contributed by atoms with E-state index >= 15 is 0 Å². The molecule has 2 aromatic carbocycles. The lowest BCUT2D eigenvalue weighted by molar-refractivity contribution is 0.390. The Bertz CT molecular complexity index is 789. The topological polar surface area (TPSA) is 64.6 Å². The minimum Gasteiger partial charge on any atom is -0.497 e. The largest absolute Gasteiger partial charge is 0.497 e. The van der Waals surface area contributed by atoms with E-state index in [2.05, 4.69) is 4.72 Å². The van der Waals surface area contributed by atoms with Crippen LogP contribution in [0.4, 0.5) is 8.78 Å². The molecule has 0 amide bonds. The van der Waals surface area contributed by atoms with Crippen molar-refractivity contribution in [3.05, 3.63) is 53.6 Å². The second-order valence-electron chi connectivity index (χ2n) is 4.55. The predicted molar refractivity (Wildman–Crippen MR) is 79.9 cm³/mol. The molecule has 0 saturated carbocycles. The van der Waals surface area contributed by atoms with E-state index in [1.807, 2.05) is 0 Å². The summed E-state index contributed by atoms with van der Waals surface area (Å²) in [6, 6.07) is 7.65. The van der Waals surface area contributed by atoms with Crippen LogP contribution >= 0.6 is 0 Å². The van der Waals surface area contributed by atoms with E-state index in [-0.39, 0.29) is 6.54 Å². The van der Waals surface area contributed by atoms with Crippen LogP contribution in [0.1, 0.15) is 5.56 Å². The maximum Gasteiger partial charge on any atom is 0.246 e. The fraction of sp³-hybridized carbons (Fsp3) is 0.200. The lowest BCUT2D eigenvalue weighted by Crippen LogP contribution is -2.25. The van der Waals surface area contributed by atoms with Crippen LogP contribution in [-0.4, -0.2) is 22.6 Å². The van der Waals surface area contributed by atoms with E-state index in [1.165, 1.54) is 14.2 Å². The number of nitrogens with one attached hydrogen (secondary N) is 1. The molecular weight excluding hydrogens is 328 g/mol. The van der Waals surface area contributed by atoms with Gasteiger partial charge in [0.2, 0.25) is 10.0 Å². The van der Waals surface area contributed by atoms with E-state index in [1.54, 1.807) is 18.2 Å². The Morgan fingerprint density at radius 2 is 1.70 bits per heavy atom. The van der Waals surface area contributed by atoms with Crippen LogP contribution in [0.3, 0.4) is 0 Å². The van der Waals surface area contributed by atoms with Crippen LogP contribution in [0.2, 0.25) is 0 Å². The van der Waals surface area contributed by atoms with Gasteiger partial charge in [0.1, 0.15) is 23.1 Å². The normalized spacial score (nSPS) is 11.3. The molecule has 23 heavy (non-hydrogen) atoms. The molecule has 0 aliphatic rings. The van der Waals surface area contributed by atoms with Gasteiger partial charge in [-0.2, -0.15) is 0 Å². The molecule has 0 spiro atoms. The van der Waals surface area contributed by atoms with Crippen molar-refractivity contribution < 1.29 is 26.7 Å². The summed E-state index contributed by atoms with van der Waals surface area (Å²) in [7, 11) is -1.44. The van der Waals surface area contributed by atoms with Crippen LogP contribution < -0.4 is 14.2 Å². The molecule has 0 radical (unpaired) electrons. The molecule has 0 atom stereocenters. The zero-order chi connectivity index (χ0) is 17.0. The third kappa shape index (κ3) is 3.77. The van der Waals surface area contributed by atoms with Crippen molar-refractivity contribution in [2.45, 2.75) is 11.4 Å². The van der Waals surface area contributed by atoms with Crippen molar-refractivity contribution in [2.75, 3.05) is 14.2 Å². The monoisotopic (exact) mass is 343 g/mol. The Hall–Kier alpha value is -2.19. The number of hydrogen-bond donors (Lipinski definition) is 1. The number of sulfonamides is 1. The van der Waals surface area contributed by atoms with Crippen molar-refractivity contribution >= 4 is 10.0 Å². The van der Waals surface area contributed by atoms with Gasteiger partial charge in [0.05, 0.1) is 14.2 Å². The van der Waals surface area contributed by atoms with E-state index < -0.39 is 26.6 Å². The molecule has 0 saturated heterocycles. The quantitative estimate of drug-likeness (QED) is 0.875. The van der Waals surface area contributed by atoms with Crippen molar-refractivity contribution in [1.29, 1.82) is 0 Å². The van der Waals surface area contributed by atoms with E-state index in [0.29, 0.717) is 17.1 Å². The minimum atomic E-state index is -4.35. The van der Waals surface area contributed by atoms with Gasteiger partial charge in [-0.15, -0.1) is 0 Å². The first-order valence-electron chi connectivity index (χ1n) is 6.53. The molecule has 0 aliphatic carbocycles. The van der Waals surface area contributed by atoms with Gasteiger partial charge in [0.25, 0.3) is 0 Å². The average Bonchev–Trinajstić information content (AvgIpc) is 2.52. The van der Waals surface area contributed by atoms with Crippen molar-refractivity contribution in [1.82, 2.24) is 4.72 Å². The van der Waals surface area contributed by atoms with Gasteiger partial charge in [0, 0.05) is 18.2 Å². The number of methoxy groups -OCH3 is 2. The SMILES string of the molecule is COc1ccc(CNS(=O)(=O)c2c(F)cccc2F)c(OC)c1.